The average molecular weight is 262 g/mol. The molecule has 2 rings (SSSR count). The number of aromatic nitrogens is 1. The van der Waals surface area contributed by atoms with Gasteiger partial charge in [-0.15, -0.1) is 0 Å². The second-order valence-corrected chi connectivity index (χ2v) is 6.01. The van der Waals surface area contributed by atoms with E-state index in [9.17, 15) is 0 Å². The van der Waals surface area contributed by atoms with E-state index in [0.29, 0.717) is 0 Å². The molecule has 0 aliphatic heterocycles. The Morgan fingerprint density at radius 2 is 2.00 bits per heavy atom. The van der Waals surface area contributed by atoms with Crippen LogP contribution in [0.15, 0.2) is 40.9 Å². The van der Waals surface area contributed by atoms with Crippen LogP contribution in [0.25, 0.3) is 11.3 Å². The van der Waals surface area contributed by atoms with Crippen molar-refractivity contribution in [3.63, 3.8) is 0 Å². The summed E-state index contributed by atoms with van der Waals surface area (Å²) in [6.07, 6.45) is 0. The summed E-state index contributed by atoms with van der Waals surface area (Å²) in [6.45, 7) is 4.05. The number of thioether (sulfide) groups is 1. The second-order valence-electron chi connectivity index (χ2n) is 5.03. The quantitative estimate of drug-likeness (QED) is 0.898. The molecule has 0 aliphatic carbocycles. The highest BCUT2D eigenvalue weighted by molar-refractivity contribution is 7.98. The molecule has 4 heteroatoms. The standard InChI is InChI=1S/C14H18N2OS/c1-14(2,15)10-18-9-12-8-13(16-17-12)11-6-4-3-5-7-11/h3-8H,9-10,15H2,1-2H3. The molecule has 0 aliphatic rings. The summed E-state index contributed by atoms with van der Waals surface area (Å²) >= 11 is 1.76. The molecule has 0 bridgehead atoms. The number of nitrogens with two attached hydrogens (primary N) is 1. The molecular weight excluding hydrogens is 244 g/mol. The minimum atomic E-state index is -0.146. The van der Waals surface area contributed by atoms with Crippen molar-refractivity contribution in [2.75, 3.05) is 5.75 Å². The SMILES string of the molecule is CC(C)(N)CSCc1cc(-c2ccccc2)no1. The summed E-state index contributed by atoms with van der Waals surface area (Å²) in [5, 5.41) is 4.08. The van der Waals surface area contributed by atoms with E-state index >= 15 is 0 Å². The lowest BCUT2D eigenvalue weighted by Gasteiger charge is -2.16. The maximum absolute atomic E-state index is 5.93. The Bertz CT molecular complexity index is 488. The third-order valence-corrected chi connectivity index (χ3v) is 3.78. The van der Waals surface area contributed by atoms with Gasteiger partial charge in [0.1, 0.15) is 11.5 Å². The molecule has 0 amide bonds. The van der Waals surface area contributed by atoms with Crippen molar-refractivity contribution in [1.29, 1.82) is 0 Å². The highest BCUT2D eigenvalue weighted by atomic mass is 32.2. The van der Waals surface area contributed by atoms with Gasteiger partial charge in [-0.2, -0.15) is 11.8 Å². The number of benzene rings is 1. The molecule has 3 nitrogen and oxygen atoms in total. The summed E-state index contributed by atoms with van der Waals surface area (Å²) in [4.78, 5) is 0. The van der Waals surface area contributed by atoms with Gasteiger partial charge in [0.15, 0.2) is 0 Å². The van der Waals surface area contributed by atoms with E-state index in [-0.39, 0.29) is 5.54 Å². The molecule has 0 atom stereocenters. The highest BCUT2D eigenvalue weighted by Gasteiger charge is 2.12. The maximum Gasteiger partial charge on any atom is 0.147 e. The summed E-state index contributed by atoms with van der Waals surface area (Å²) in [7, 11) is 0. The minimum absolute atomic E-state index is 0.146. The van der Waals surface area contributed by atoms with Gasteiger partial charge in [0, 0.05) is 22.9 Å². The summed E-state index contributed by atoms with van der Waals surface area (Å²) in [5.41, 5.74) is 7.75. The third kappa shape index (κ3) is 3.89. The average Bonchev–Trinajstić information content (AvgIpc) is 2.77. The van der Waals surface area contributed by atoms with Crippen LogP contribution in [-0.4, -0.2) is 16.4 Å². The second kappa shape index (κ2) is 5.59. The summed E-state index contributed by atoms with van der Waals surface area (Å²) in [6, 6.07) is 12.0. The topological polar surface area (TPSA) is 52.0 Å². The van der Waals surface area contributed by atoms with Crippen LogP contribution in [0.4, 0.5) is 0 Å². The molecule has 18 heavy (non-hydrogen) atoms. The first-order valence-corrected chi connectivity index (χ1v) is 7.08. The Labute approximate surface area is 112 Å². The van der Waals surface area contributed by atoms with Crippen molar-refractivity contribution in [3.05, 3.63) is 42.2 Å². The molecule has 1 heterocycles. The van der Waals surface area contributed by atoms with Gasteiger partial charge in [0.05, 0.1) is 5.75 Å². The van der Waals surface area contributed by atoms with Gasteiger partial charge in [-0.1, -0.05) is 35.5 Å². The molecule has 0 unspecified atom stereocenters. The fraction of sp³-hybridized carbons (Fsp3) is 0.357. The van der Waals surface area contributed by atoms with Crippen LogP contribution in [0.5, 0.6) is 0 Å². The maximum atomic E-state index is 5.93. The van der Waals surface area contributed by atoms with Crippen molar-refractivity contribution in [3.8, 4) is 11.3 Å². The Hall–Kier alpha value is -1.26. The molecule has 0 saturated heterocycles. The Morgan fingerprint density at radius 1 is 1.28 bits per heavy atom. The van der Waals surface area contributed by atoms with Crippen molar-refractivity contribution in [1.82, 2.24) is 5.16 Å². The van der Waals surface area contributed by atoms with Crippen LogP contribution in [0.3, 0.4) is 0 Å². The van der Waals surface area contributed by atoms with Crippen LogP contribution in [-0.2, 0) is 5.75 Å². The number of hydrogen-bond donors (Lipinski definition) is 1. The fourth-order valence-corrected chi connectivity index (χ4v) is 2.51. The van der Waals surface area contributed by atoms with Crippen molar-refractivity contribution < 1.29 is 4.52 Å². The number of rotatable bonds is 5. The van der Waals surface area contributed by atoms with Gasteiger partial charge in [0.25, 0.3) is 0 Å². The van der Waals surface area contributed by atoms with Gasteiger partial charge in [-0.05, 0) is 13.8 Å². The first-order valence-electron chi connectivity index (χ1n) is 5.92. The van der Waals surface area contributed by atoms with Gasteiger partial charge in [-0.25, -0.2) is 0 Å². The highest BCUT2D eigenvalue weighted by Crippen LogP contribution is 2.22. The molecule has 0 spiro atoms. The van der Waals surface area contributed by atoms with E-state index in [1.807, 2.05) is 50.2 Å². The van der Waals surface area contributed by atoms with Crippen molar-refractivity contribution in [2.45, 2.75) is 25.1 Å². The minimum Gasteiger partial charge on any atom is -0.360 e. The van der Waals surface area contributed by atoms with Crippen LogP contribution < -0.4 is 5.73 Å². The van der Waals surface area contributed by atoms with E-state index in [4.69, 9.17) is 10.3 Å². The fourth-order valence-electron chi connectivity index (χ4n) is 1.54. The molecular formula is C14H18N2OS. The molecule has 0 fully saturated rings. The van der Waals surface area contributed by atoms with Gasteiger partial charge < -0.3 is 10.3 Å². The van der Waals surface area contributed by atoms with E-state index in [2.05, 4.69) is 5.16 Å². The summed E-state index contributed by atoms with van der Waals surface area (Å²) < 4.78 is 5.32. The lowest BCUT2D eigenvalue weighted by atomic mass is 10.1. The van der Waals surface area contributed by atoms with E-state index in [1.54, 1.807) is 11.8 Å². The largest absolute Gasteiger partial charge is 0.360 e. The molecule has 1 aromatic heterocycles. The molecule has 1 aromatic carbocycles. The van der Waals surface area contributed by atoms with Crippen LogP contribution in [0.1, 0.15) is 19.6 Å². The monoisotopic (exact) mass is 262 g/mol. The predicted molar refractivity (Wildman–Crippen MR) is 76.4 cm³/mol. The zero-order chi connectivity index (χ0) is 13.0. The molecule has 2 N–H and O–H groups in total. The zero-order valence-corrected chi connectivity index (χ0v) is 11.5. The first kappa shape index (κ1) is 13.2. The molecule has 0 radical (unpaired) electrons. The lowest BCUT2D eigenvalue weighted by molar-refractivity contribution is 0.397. The van der Waals surface area contributed by atoms with E-state index in [1.165, 1.54) is 0 Å². The zero-order valence-electron chi connectivity index (χ0n) is 10.7. The first-order chi connectivity index (χ1) is 8.54. The Kier molecular flexibility index (Phi) is 4.09. The van der Waals surface area contributed by atoms with E-state index < -0.39 is 0 Å². The van der Waals surface area contributed by atoms with Gasteiger partial charge >= 0.3 is 0 Å². The van der Waals surface area contributed by atoms with Crippen molar-refractivity contribution >= 4 is 11.8 Å². The van der Waals surface area contributed by atoms with Crippen LogP contribution in [0.2, 0.25) is 0 Å². The number of hydrogen-bond acceptors (Lipinski definition) is 4. The molecule has 2 aromatic rings. The molecule has 96 valence electrons. The van der Waals surface area contributed by atoms with Gasteiger partial charge in [0.2, 0.25) is 0 Å². The lowest BCUT2D eigenvalue weighted by Crippen LogP contribution is -2.34. The smallest absolute Gasteiger partial charge is 0.147 e. The predicted octanol–water partition coefficient (Wildman–Crippen LogP) is 3.31. The van der Waals surface area contributed by atoms with Gasteiger partial charge in [-0.3, -0.25) is 0 Å². The van der Waals surface area contributed by atoms with Crippen molar-refractivity contribution in [2.24, 2.45) is 5.73 Å². The third-order valence-electron chi connectivity index (χ3n) is 2.35. The normalized spacial score (nSPS) is 11.7. The summed E-state index contributed by atoms with van der Waals surface area (Å²) in [5.74, 6) is 2.59. The van der Waals surface area contributed by atoms with E-state index in [0.717, 1.165) is 28.5 Å². The van der Waals surface area contributed by atoms with Crippen LogP contribution >= 0.6 is 11.8 Å². The molecule has 0 saturated carbocycles. The van der Waals surface area contributed by atoms with Crippen LogP contribution in [0, 0.1) is 0 Å². The Balaban J connectivity index is 1.95. The number of nitrogens with zero attached hydrogens (tertiary/aromatic N) is 1. The Morgan fingerprint density at radius 3 is 2.67 bits per heavy atom.